The predicted octanol–water partition coefficient (Wildman–Crippen LogP) is 2.46. The number of H-pyrrole nitrogens is 1. The third kappa shape index (κ3) is 3.06. The molecule has 23 heavy (non-hydrogen) atoms. The monoisotopic (exact) mass is 321 g/mol. The van der Waals surface area contributed by atoms with E-state index >= 15 is 0 Å². The standard InChI is InChI=1S/C18H31N3O2/c1-5-23-15-10-14(22)18(15)6-8-21(9-7-18)12-13-11-19-20-16(13)17(2,3)4/h11,14-15,22H,5-10,12H2,1-4H3,(H,19,20). The van der Waals surface area contributed by atoms with E-state index in [2.05, 4.69) is 35.9 Å². The molecule has 0 amide bonds. The lowest BCUT2D eigenvalue weighted by molar-refractivity contribution is -0.209. The number of rotatable bonds is 4. The topological polar surface area (TPSA) is 61.4 Å². The molecule has 0 aromatic carbocycles. The summed E-state index contributed by atoms with van der Waals surface area (Å²) >= 11 is 0. The summed E-state index contributed by atoms with van der Waals surface area (Å²) in [4.78, 5) is 2.49. The van der Waals surface area contributed by atoms with E-state index in [0.29, 0.717) is 0 Å². The Morgan fingerprint density at radius 3 is 2.65 bits per heavy atom. The molecule has 2 heterocycles. The molecule has 1 saturated carbocycles. The van der Waals surface area contributed by atoms with E-state index in [-0.39, 0.29) is 23.0 Å². The van der Waals surface area contributed by atoms with Crippen LogP contribution in [0.3, 0.4) is 0 Å². The molecule has 1 aliphatic carbocycles. The van der Waals surface area contributed by atoms with E-state index in [1.54, 1.807) is 0 Å². The smallest absolute Gasteiger partial charge is 0.0681 e. The number of likely N-dealkylation sites (tertiary alicyclic amines) is 1. The van der Waals surface area contributed by atoms with E-state index in [1.807, 2.05) is 13.1 Å². The first-order chi connectivity index (χ1) is 10.9. The third-order valence-electron chi connectivity index (χ3n) is 5.76. The van der Waals surface area contributed by atoms with Crippen molar-refractivity contribution in [1.29, 1.82) is 0 Å². The molecule has 0 radical (unpaired) electrons. The molecule has 2 N–H and O–H groups in total. The van der Waals surface area contributed by atoms with Crippen LogP contribution in [0.5, 0.6) is 0 Å². The van der Waals surface area contributed by atoms with Gasteiger partial charge in [0.1, 0.15) is 0 Å². The van der Waals surface area contributed by atoms with Crippen LogP contribution in [0.2, 0.25) is 0 Å². The highest BCUT2D eigenvalue weighted by Gasteiger charge is 2.55. The number of ether oxygens (including phenoxy) is 1. The Morgan fingerprint density at radius 2 is 2.09 bits per heavy atom. The number of aromatic amines is 1. The van der Waals surface area contributed by atoms with Crippen molar-refractivity contribution in [2.45, 2.75) is 71.1 Å². The fourth-order valence-corrected chi connectivity index (χ4v) is 4.27. The van der Waals surface area contributed by atoms with Gasteiger partial charge in [-0.3, -0.25) is 10.00 Å². The molecule has 5 nitrogen and oxygen atoms in total. The number of piperidine rings is 1. The molecule has 1 aromatic heterocycles. The average Bonchev–Trinajstić information content (AvgIpc) is 2.96. The van der Waals surface area contributed by atoms with Crippen molar-refractivity contribution in [3.8, 4) is 0 Å². The molecule has 2 unspecified atom stereocenters. The number of aromatic nitrogens is 2. The van der Waals surface area contributed by atoms with Gasteiger partial charge in [0, 0.05) is 41.7 Å². The fourth-order valence-electron chi connectivity index (χ4n) is 4.27. The van der Waals surface area contributed by atoms with Crippen LogP contribution in [0, 0.1) is 5.41 Å². The normalized spacial score (nSPS) is 28.0. The second-order valence-corrected chi connectivity index (χ2v) is 8.23. The molecular weight excluding hydrogens is 290 g/mol. The number of hydrogen-bond donors (Lipinski definition) is 2. The maximum atomic E-state index is 10.3. The van der Waals surface area contributed by atoms with Crippen molar-refractivity contribution in [3.05, 3.63) is 17.5 Å². The zero-order valence-corrected chi connectivity index (χ0v) is 14.9. The van der Waals surface area contributed by atoms with Crippen molar-refractivity contribution in [1.82, 2.24) is 15.1 Å². The summed E-state index contributed by atoms with van der Waals surface area (Å²) in [5.74, 6) is 0. The molecule has 2 fully saturated rings. The van der Waals surface area contributed by atoms with Gasteiger partial charge < -0.3 is 9.84 Å². The fraction of sp³-hybridized carbons (Fsp3) is 0.833. The Balaban J connectivity index is 1.61. The van der Waals surface area contributed by atoms with Crippen LogP contribution in [-0.2, 0) is 16.7 Å². The van der Waals surface area contributed by atoms with Crippen molar-refractivity contribution < 1.29 is 9.84 Å². The Hall–Kier alpha value is -0.910. The average molecular weight is 321 g/mol. The van der Waals surface area contributed by atoms with Crippen molar-refractivity contribution >= 4 is 0 Å². The molecule has 1 saturated heterocycles. The summed E-state index contributed by atoms with van der Waals surface area (Å²) < 4.78 is 5.85. The van der Waals surface area contributed by atoms with E-state index in [9.17, 15) is 5.11 Å². The Kier molecular flexibility index (Phi) is 4.55. The number of aliphatic hydroxyl groups is 1. The minimum atomic E-state index is -0.180. The molecular formula is C18H31N3O2. The van der Waals surface area contributed by atoms with Gasteiger partial charge in [-0.2, -0.15) is 5.10 Å². The van der Waals surface area contributed by atoms with Crippen molar-refractivity contribution in [2.75, 3.05) is 19.7 Å². The van der Waals surface area contributed by atoms with Crippen LogP contribution in [0.25, 0.3) is 0 Å². The molecule has 2 aliphatic rings. The minimum absolute atomic E-state index is 0.00969. The molecule has 1 spiro atoms. The van der Waals surface area contributed by atoms with E-state index in [4.69, 9.17) is 4.74 Å². The highest BCUT2D eigenvalue weighted by Crippen LogP contribution is 2.51. The second kappa shape index (κ2) is 6.19. The molecule has 130 valence electrons. The lowest BCUT2D eigenvalue weighted by Gasteiger charge is -2.56. The molecule has 1 aromatic rings. The molecule has 3 rings (SSSR count). The molecule has 2 atom stereocenters. The Morgan fingerprint density at radius 1 is 1.39 bits per heavy atom. The third-order valence-corrected chi connectivity index (χ3v) is 5.76. The lowest BCUT2D eigenvalue weighted by Crippen LogP contribution is -2.62. The van der Waals surface area contributed by atoms with Gasteiger partial charge in [0.2, 0.25) is 0 Å². The summed E-state index contributed by atoms with van der Waals surface area (Å²) in [7, 11) is 0. The number of hydrogen-bond acceptors (Lipinski definition) is 4. The Bertz CT molecular complexity index is 525. The summed E-state index contributed by atoms with van der Waals surface area (Å²) in [6.45, 7) is 12.4. The van der Waals surface area contributed by atoms with Gasteiger partial charge >= 0.3 is 0 Å². The predicted molar refractivity (Wildman–Crippen MR) is 90.3 cm³/mol. The van der Waals surface area contributed by atoms with Crippen molar-refractivity contribution in [3.63, 3.8) is 0 Å². The quantitative estimate of drug-likeness (QED) is 0.894. The van der Waals surface area contributed by atoms with Gasteiger partial charge in [-0.25, -0.2) is 0 Å². The minimum Gasteiger partial charge on any atom is -0.392 e. The Labute approximate surface area is 139 Å². The molecule has 5 heteroatoms. The highest BCUT2D eigenvalue weighted by atomic mass is 16.5. The first kappa shape index (κ1) is 16.9. The SMILES string of the molecule is CCOC1CC(O)C12CCN(Cc1cn[nH]c1C(C)(C)C)CC2. The first-order valence-electron chi connectivity index (χ1n) is 8.91. The summed E-state index contributed by atoms with van der Waals surface area (Å²) in [6, 6.07) is 0. The van der Waals surface area contributed by atoms with Crippen molar-refractivity contribution in [2.24, 2.45) is 5.41 Å². The van der Waals surface area contributed by atoms with Crippen LogP contribution in [-0.4, -0.2) is 52.1 Å². The van der Waals surface area contributed by atoms with E-state index in [1.165, 1.54) is 11.3 Å². The summed E-state index contributed by atoms with van der Waals surface area (Å²) in [6.07, 6.45) is 4.91. The number of nitrogens with one attached hydrogen (secondary N) is 1. The summed E-state index contributed by atoms with van der Waals surface area (Å²) in [5, 5.41) is 17.7. The zero-order valence-electron chi connectivity index (χ0n) is 14.9. The molecule has 1 aliphatic heterocycles. The van der Waals surface area contributed by atoms with Crippen LogP contribution < -0.4 is 0 Å². The van der Waals surface area contributed by atoms with E-state index < -0.39 is 0 Å². The maximum absolute atomic E-state index is 10.3. The van der Waals surface area contributed by atoms with Gasteiger partial charge in [0.25, 0.3) is 0 Å². The van der Waals surface area contributed by atoms with Crippen LogP contribution in [0.15, 0.2) is 6.20 Å². The maximum Gasteiger partial charge on any atom is 0.0681 e. The van der Waals surface area contributed by atoms with Crippen LogP contribution in [0.4, 0.5) is 0 Å². The van der Waals surface area contributed by atoms with Gasteiger partial charge in [0.05, 0.1) is 18.4 Å². The van der Waals surface area contributed by atoms with Gasteiger partial charge in [-0.1, -0.05) is 20.8 Å². The second-order valence-electron chi connectivity index (χ2n) is 8.23. The number of nitrogens with zero attached hydrogens (tertiary/aromatic N) is 2. The zero-order chi connectivity index (χ0) is 16.7. The van der Waals surface area contributed by atoms with Crippen LogP contribution in [0.1, 0.15) is 58.2 Å². The largest absolute Gasteiger partial charge is 0.392 e. The highest BCUT2D eigenvalue weighted by molar-refractivity contribution is 5.23. The number of aliphatic hydroxyl groups excluding tert-OH is 1. The lowest BCUT2D eigenvalue weighted by atomic mass is 9.58. The van der Waals surface area contributed by atoms with E-state index in [0.717, 1.165) is 45.5 Å². The van der Waals surface area contributed by atoms with Gasteiger partial charge in [-0.05, 0) is 32.9 Å². The van der Waals surface area contributed by atoms with Gasteiger partial charge in [0.15, 0.2) is 0 Å². The molecule has 0 bridgehead atoms. The van der Waals surface area contributed by atoms with Gasteiger partial charge in [-0.15, -0.1) is 0 Å². The summed E-state index contributed by atoms with van der Waals surface area (Å²) in [5.41, 5.74) is 2.63. The first-order valence-corrected chi connectivity index (χ1v) is 8.91. The van der Waals surface area contributed by atoms with Crippen LogP contribution >= 0.6 is 0 Å².